The maximum atomic E-state index is 12.7. The second-order valence-electron chi connectivity index (χ2n) is 6.32. The highest BCUT2D eigenvalue weighted by Crippen LogP contribution is 2.37. The highest BCUT2D eigenvalue weighted by Gasteiger charge is 2.42. The van der Waals surface area contributed by atoms with Crippen LogP contribution >= 0.6 is 0 Å². The van der Waals surface area contributed by atoms with E-state index >= 15 is 0 Å². The zero-order chi connectivity index (χ0) is 17.3. The number of nitrogens with zero attached hydrogens (tertiary/aromatic N) is 2. The van der Waals surface area contributed by atoms with E-state index in [0.29, 0.717) is 5.82 Å². The van der Waals surface area contributed by atoms with Crippen LogP contribution in [0.25, 0.3) is 0 Å². The average Bonchev–Trinajstić information content (AvgIpc) is 2.84. The second kappa shape index (κ2) is 6.43. The van der Waals surface area contributed by atoms with E-state index in [0.717, 1.165) is 16.8 Å². The van der Waals surface area contributed by atoms with E-state index in [2.05, 4.69) is 10.3 Å². The monoisotopic (exact) mass is 323 g/mol. The molecule has 0 aliphatic carbocycles. The first kappa shape index (κ1) is 16.2. The molecule has 24 heavy (non-hydrogen) atoms. The molecule has 2 atom stereocenters. The SMILES string of the molecule is Cc1ccc([C@H]2[C@H](C(=O)Nc3cccc(C)n3)CC(=O)N2C)cc1. The fourth-order valence-corrected chi connectivity index (χ4v) is 3.16. The van der Waals surface area contributed by atoms with Crippen LogP contribution < -0.4 is 5.32 Å². The van der Waals surface area contributed by atoms with E-state index in [-0.39, 0.29) is 24.3 Å². The van der Waals surface area contributed by atoms with Crippen molar-refractivity contribution in [3.05, 3.63) is 59.3 Å². The first-order valence-electron chi connectivity index (χ1n) is 8.02. The number of aromatic nitrogens is 1. The van der Waals surface area contributed by atoms with E-state index in [9.17, 15) is 9.59 Å². The lowest BCUT2D eigenvalue weighted by atomic mass is 9.92. The standard InChI is InChI=1S/C19H21N3O2/c1-12-7-9-14(10-8-12)18-15(11-17(23)22(18)3)19(24)21-16-6-4-5-13(2)20-16/h4-10,15,18H,11H2,1-3H3,(H,20,21,24)/t15-,18+/m1/s1. The summed E-state index contributed by atoms with van der Waals surface area (Å²) in [4.78, 5) is 30.9. The summed E-state index contributed by atoms with van der Waals surface area (Å²) in [5, 5.41) is 2.85. The molecule has 2 heterocycles. The number of carbonyl (C=O) groups is 2. The van der Waals surface area contributed by atoms with Crippen LogP contribution in [-0.4, -0.2) is 28.7 Å². The van der Waals surface area contributed by atoms with Crippen LogP contribution in [0.15, 0.2) is 42.5 Å². The molecule has 0 bridgehead atoms. The van der Waals surface area contributed by atoms with Gasteiger partial charge in [-0.05, 0) is 31.5 Å². The predicted molar refractivity (Wildman–Crippen MR) is 92.4 cm³/mol. The number of likely N-dealkylation sites (tertiary alicyclic amines) is 1. The van der Waals surface area contributed by atoms with Crippen LogP contribution in [0, 0.1) is 19.8 Å². The molecule has 0 spiro atoms. The van der Waals surface area contributed by atoms with E-state index in [1.54, 1.807) is 18.0 Å². The molecule has 2 aromatic rings. The number of anilines is 1. The van der Waals surface area contributed by atoms with Gasteiger partial charge in [0, 0.05) is 19.2 Å². The van der Waals surface area contributed by atoms with E-state index in [1.165, 1.54) is 0 Å². The summed E-state index contributed by atoms with van der Waals surface area (Å²) < 4.78 is 0. The molecule has 3 rings (SSSR count). The lowest BCUT2D eigenvalue weighted by Gasteiger charge is -2.25. The minimum atomic E-state index is -0.424. The predicted octanol–water partition coefficient (Wildman–Crippen LogP) is 2.86. The third kappa shape index (κ3) is 3.15. The van der Waals surface area contributed by atoms with Gasteiger partial charge in [-0.25, -0.2) is 4.98 Å². The molecular formula is C19H21N3O2. The second-order valence-corrected chi connectivity index (χ2v) is 6.32. The average molecular weight is 323 g/mol. The first-order chi connectivity index (χ1) is 11.5. The first-order valence-corrected chi connectivity index (χ1v) is 8.02. The van der Waals surface area contributed by atoms with Crippen molar-refractivity contribution in [1.29, 1.82) is 0 Å². The number of rotatable bonds is 3. The molecule has 0 saturated carbocycles. The van der Waals surface area contributed by atoms with Crippen LogP contribution in [0.5, 0.6) is 0 Å². The highest BCUT2D eigenvalue weighted by molar-refractivity contribution is 5.97. The number of nitrogens with one attached hydrogen (secondary N) is 1. The van der Waals surface area contributed by atoms with Gasteiger partial charge < -0.3 is 10.2 Å². The number of amides is 2. The van der Waals surface area contributed by atoms with Crippen molar-refractivity contribution < 1.29 is 9.59 Å². The van der Waals surface area contributed by atoms with Gasteiger partial charge in [0.25, 0.3) is 0 Å². The summed E-state index contributed by atoms with van der Waals surface area (Å²) in [6, 6.07) is 13.2. The van der Waals surface area contributed by atoms with Crippen molar-refractivity contribution in [2.24, 2.45) is 5.92 Å². The number of hydrogen-bond acceptors (Lipinski definition) is 3. The van der Waals surface area contributed by atoms with Gasteiger partial charge in [0.2, 0.25) is 11.8 Å². The maximum absolute atomic E-state index is 12.7. The van der Waals surface area contributed by atoms with Gasteiger partial charge in [-0.1, -0.05) is 35.9 Å². The topological polar surface area (TPSA) is 62.3 Å². The summed E-state index contributed by atoms with van der Waals surface area (Å²) in [6.45, 7) is 3.89. The molecule has 1 N–H and O–H groups in total. The molecule has 1 saturated heterocycles. The number of carbonyl (C=O) groups excluding carboxylic acids is 2. The molecular weight excluding hydrogens is 302 g/mol. The molecule has 1 aromatic carbocycles. The third-order valence-electron chi connectivity index (χ3n) is 4.48. The Balaban J connectivity index is 1.85. The molecule has 1 aliphatic heterocycles. The lowest BCUT2D eigenvalue weighted by molar-refractivity contribution is -0.127. The summed E-state index contributed by atoms with van der Waals surface area (Å²) in [7, 11) is 1.76. The summed E-state index contributed by atoms with van der Waals surface area (Å²) >= 11 is 0. The largest absolute Gasteiger partial charge is 0.338 e. The van der Waals surface area contributed by atoms with E-state index in [1.807, 2.05) is 50.2 Å². The zero-order valence-electron chi connectivity index (χ0n) is 14.1. The van der Waals surface area contributed by atoms with Gasteiger partial charge in [-0.3, -0.25) is 9.59 Å². The van der Waals surface area contributed by atoms with Crippen LogP contribution in [0.3, 0.4) is 0 Å². The Morgan fingerprint density at radius 3 is 2.54 bits per heavy atom. The number of aryl methyl sites for hydroxylation is 2. The Morgan fingerprint density at radius 2 is 1.88 bits per heavy atom. The quantitative estimate of drug-likeness (QED) is 0.945. The number of hydrogen-bond donors (Lipinski definition) is 1. The maximum Gasteiger partial charge on any atom is 0.231 e. The molecule has 0 unspecified atom stereocenters. The van der Waals surface area contributed by atoms with Crippen molar-refractivity contribution >= 4 is 17.6 Å². The van der Waals surface area contributed by atoms with Gasteiger partial charge >= 0.3 is 0 Å². The molecule has 0 radical (unpaired) electrons. The fourth-order valence-electron chi connectivity index (χ4n) is 3.16. The molecule has 1 aromatic heterocycles. The Hall–Kier alpha value is -2.69. The van der Waals surface area contributed by atoms with Crippen LogP contribution in [0.2, 0.25) is 0 Å². The number of pyridine rings is 1. The van der Waals surface area contributed by atoms with E-state index in [4.69, 9.17) is 0 Å². The van der Waals surface area contributed by atoms with Crippen molar-refractivity contribution in [3.63, 3.8) is 0 Å². The normalized spacial score (nSPS) is 20.3. The highest BCUT2D eigenvalue weighted by atomic mass is 16.2. The van der Waals surface area contributed by atoms with Crippen molar-refractivity contribution in [2.45, 2.75) is 26.3 Å². The van der Waals surface area contributed by atoms with Gasteiger partial charge in [0.1, 0.15) is 5.82 Å². The number of benzene rings is 1. The van der Waals surface area contributed by atoms with Gasteiger partial charge in [-0.15, -0.1) is 0 Å². The van der Waals surface area contributed by atoms with Crippen LogP contribution in [-0.2, 0) is 9.59 Å². The molecule has 124 valence electrons. The lowest BCUT2D eigenvalue weighted by Crippen LogP contribution is -2.30. The third-order valence-corrected chi connectivity index (χ3v) is 4.48. The smallest absolute Gasteiger partial charge is 0.231 e. The van der Waals surface area contributed by atoms with Crippen molar-refractivity contribution in [3.8, 4) is 0 Å². The Labute approximate surface area is 141 Å². The van der Waals surface area contributed by atoms with Crippen molar-refractivity contribution in [1.82, 2.24) is 9.88 Å². The molecule has 5 heteroatoms. The zero-order valence-corrected chi connectivity index (χ0v) is 14.1. The summed E-state index contributed by atoms with van der Waals surface area (Å²) in [5.41, 5.74) is 2.96. The van der Waals surface area contributed by atoms with E-state index < -0.39 is 5.92 Å². The van der Waals surface area contributed by atoms with Crippen LogP contribution in [0.4, 0.5) is 5.82 Å². The summed E-state index contributed by atoms with van der Waals surface area (Å²) in [6.07, 6.45) is 0.215. The fraction of sp³-hybridized carbons (Fsp3) is 0.316. The minimum absolute atomic E-state index is 0.0158. The van der Waals surface area contributed by atoms with Crippen LogP contribution in [0.1, 0.15) is 29.3 Å². The minimum Gasteiger partial charge on any atom is -0.338 e. The Morgan fingerprint density at radius 1 is 1.17 bits per heavy atom. The van der Waals surface area contributed by atoms with Gasteiger partial charge in [0.05, 0.1) is 12.0 Å². The van der Waals surface area contributed by atoms with Crippen molar-refractivity contribution in [2.75, 3.05) is 12.4 Å². The molecule has 1 fully saturated rings. The molecule has 1 aliphatic rings. The Bertz CT molecular complexity index is 770. The Kier molecular flexibility index (Phi) is 4.34. The summed E-state index contributed by atoms with van der Waals surface area (Å²) in [5.74, 6) is -0.0912. The van der Waals surface area contributed by atoms with Gasteiger partial charge in [-0.2, -0.15) is 0 Å². The molecule has 5 nitrogen and oxygen atoms in total. The van der Waals surface area contributed by atoms with Gasteiger partial charge in [0.15, 0.2) is 0 Å². The molecule has 2 amide bonds.